The van der Waals surface area contributed by atoms with Crippen LogP contribution in [0, 0.1) is 6.92 Å². The largest absolute Gasteiger partial charge is 0.399 e. The van der Waals surface area contributed by atoms with E-state index in [9.17, 15) is 4.79 Å². The van der Waals surface area contributed by atoms with E-state index in [-0.39, 0.29) is 5.91 Å². The molecule has 0 unspecified atom stereocenters. The van der Waals surface area contributed by atoms with Gasteiger partial charge in [0.25, 0.3) is 5.91 Å². The van der Waals surface area contributed by atoms with Gasteiger partial charge in [0.05, 0.1) is 6.21 Å². The number of benzene rings is 2. The third-order valence-corrected chi connectivity index (χ3v) is 3.18. The van der Waals surface area contributed by atoms with Gasteiger partial charge in [0.15, 0.2) is 0 Å². The van der Waals surface area contributed by atoms with Gasteiger partial charge in [0, 0.05) is 12.1 Å². The lowest BCUT2D eigenvalue weighted by atomic mass is 10.1. The number of oxime groups is 1. The summed E-state index contributed by atoms with van der Waals surface area (Å²) >= 11 is 0. The van der Waals surface area contributed by atoms with Crippen molar-refractivity contribution in [3.8, 4) is 0 Å². The first-order valence-electron chi connectivity index (χ1n) is 6.70. The molecule has 0 aliphatic heterocycles. The van der Waals surface area contributed by atoms with Crippen LogP contribution in [0.25, 0.3) is 0 Å². The zero-order chi connectivity index (χ0) is 15.1. The van der Waals surface area contributed by atoms with Crippen molar-refractivity contribution in [2.75, 3.05) is 7.11 Å². The van der Waals surface area contributed by atoms with Crippen LogP contribution < -0.4 is 5.32 Å². The Kier molecular flexibility index (Phi) is 5.10. The minimum atomic E-state index is -0.0894. The van der Waals surface area contributed by atoms with E-state index in [0.29, 0.717) is 12.1 Å². The number of hydrogen-bond donors (Lipinski definition) is 1. The Morgan fingerprint density at radius 2 is 1.90 bits per heavy atom. The predicted molar refractivity (Wildman–Crippen MR) is 83.4 cm³/mol. The van der Waals surface area contributed by atoms with Gasteiger partial charge in [-0.3, -0.25) is 4.79 Å². The van der Waals surface area contributed by atoms with Crippen molar-refractivity contribution in [1.29, 1.82) is 0 Å². The first kappa shape index (κ1) is 14.8. The van der Waals surface area contributed by atoms with Gasteiger partial charge in [0.1, 0.15) is 7.11 Å². The zero-order valence-corrected chi connectivity index (χ0v) is 12.2. The normalized spacial score (nSPS) is 10.6. The molecule has 0 radical (unpaired) electrons. The highest BCUT2D eigenvalue weighted by Crippen LogP contribution is 2.07. The van der Waals surface area contributed by atoms with E-state index >= 15 is 0 Å². The molecule has 2 aromatic rings. The summed E-state index contributed by atoms with van der Waals surface area (Å²) in [5.41, 5.74) is 3.80. The highest BCUT2D eigenvalue weighted by molar-refractivity contribution is 5.95. The number of nitrogens with zero attached hydrogens (tertiary/aromatic N) is 1. The van der Waals surface area contributed by atoms with E-state index in [4.69, 9.17) is 0 Å². The van der Waals surface area contributed by atoms with Crippen molar-refractivity contribution in [2.45, 2.75) is 13.5 Å². The summed E-state index contributed by atoms with van der Waals surface area (Å²) in [6.07, 6.45) is 1.59. The molecule has 0 aliphatic rings. The predicted octanol–water partition coefficient (Wildman–Crippen LogP) is 2.91. The van der Waals surface area contributed by atoms with E-state index in [0.717, 1.165) is 11.1 Å². The molecule has 4 heteroatoms. The monoisotopic (exact) mass is 282 g/mol. The van der Waals surface area contributed by atoms with Gasteiger partial charge < -0.3 is 10.2 Å². The van der Waals surface area contributed by atoms with E-state index in [1.54, 1.807) is 18.3 Å². The van der Waals surface area contributed by atoms with Crippen LogP contribution in [0.1, 0.15) is 27.0 Å². The van der Waals surface area contributed by atoms with Gasteiger partial charge in [0.2, 0.25) is 0 Å². The van der Waals surface area contributed by atoms with Gasteiger partial charge >= 0.3 is 0 Å². The maximum atomic E-state index is 12.1. The van der Waals surface area contributed by atoms with Gasteiger partial charge in [-0.1, -0.05) is 41.6 Å². The van der Waals surface area contributed by atoms with Crippen LogP contribution in [0.15, 0.2) is 53.7 Å². The molecule has 2 aromatic carbocycles. The molecule has 0 atom stereocenters. The Balaban J connectivity index is 1.97. The smallest absolute Gasteiger partial charge is 0.251 e. The lowest BCUT2D eigenvalue weighted by Crippen LogP contribution is -2.23. The summed E-state index contributed by atoms with van der Waals surface area (Å²) < 4.78 is 0. The molecular formula is C17H18N2O2. The number of rotatable bonds is 5. The Labute approximate surface area is 124 Å². The van der Waals surface area contributed by atoms with Gasteiger partial charge in [-0.15, -0.1) is 0 Å². The molecule has 0 saturated carbocycles. The molecule has 21 heavy (non-hydrogen) atoms. The van der Waals surface area contributed by atoms with Crippen molar-refractivity contribution < 1.29 is 9.63 Å². The van der Waals surface area contributed by atoms with Crippen LogP contribution in [0.2, 0.25) is 0 Å². The van der Waals surface area contributed by atoms with Gasteiger partial charge in [-0.2, -0.15) is 0 Å². The minimum Gasteiger partial charge on any atom is -0.399 e. The lowest BCUT2D eigenvalue weighted by molar-refractivity contribution is 0.0951. The minimum absolute atomic E-state index is 0.0894. The second kappa shape index (κ2) is 7.24. The fourth-order valence-corrected chi connectivity index (χ4v) is 1.92. The Morgan fingerprint density at radius 3 is 2.57 bits per heavy atom. The van der Waals surface area contributed by atoms with Crippen LogP contribution in [-0.4, -0.2) is 19.2 Å². The van der Waals surface area contributed by atoms with Crippen molar-refractivity contribution in [3.05, 3.63) is 70.8 Å². The topological polar surface area (TPSA) is 50.7 Å². The molecule has 2 rings (SSSR count). The molecule has 0 aromatic heterocycles. The number of nitrogens with one attached hydrogen (secondary N) is 1. The molecule has 0 bridgehead atoms. The molecular weight excluding hydrogens is 264 g/mol. The molecule has 4 nitrogen and oxygen atoms in total. The molecule has 0 heterocycles. The van der Waals surface area contributed by atoms with Crippen molar-refractivity contribution in [2.24, 2.45) is 5.16 Å². The van der Waals surface area contributed by atoms with E-state index in [2.05, 4.69) is 15.3 Å². The molecule has 1 N–H and O–H groups in total. The summed E-state index contributed by atoms with van der Waals surface area (Å²) in [6.45, 7) is 2.56. The lowest BCUT2D eigenvalue weighted by Gasteiger charge is -2.08. The van der Waals surface area contributed by atoms with Gasteiger partial charge in [-0.05, 0) is 35.7 Å². The molecule has 0 aliphatic carbocycles. The third kappa shape index (κ3) is 4.18. The molecule has 0 fully saturated rings. The number of carbonyl (C=O) groups is 1. The van der Waals surface area contributed by atoms with E-state index in [1.807, 2.05) is 43.3 Å². The van der Waals surface area contributed by atoms with Crippen LogP contribution in [-0.2, 0) is 11.4 Å². The van der Waals surface area contributed by atoms with Gasteiger partial charge in [-0.25, -0.2) is 0 Å². The fraction of sp³-hybridized carbons (Fsp3) is 0.176. The first-order chi connectivity index (χ1) is 10.2. The maximum Gasteiger partial charge on any atom is 0.251 e. The van der Waals surface area contributed by atoms with Crippen LogP contribution in [0.4, 0.5) is 0 Å². The Bertz CT molecular complexity index is 633. The average Bonchev–Trinajstić information content (AvgIpc) is 2.52. The molecule has 0 saturated heterocycles. The summed E-state index contributed by atoms with van der Waals surface area (Å²) in [6, 6.07) is 15.2. The van der Waals surface area contributed by atoms with Crippen molar-refractivity contribution in [1.82, 2.24) is 5.32 Å². The number of carbonyl (C=O) groups excluding carboxylic acids is 1. The molecule has 108 valence electrons. The maximum absolute atomic E-state index is 12.1. The van der Waals surface area contributed by atoms with Crippen molar-refractivity contribution >= 4 is 12.1 Å². The summed E-state index contributed by atoms with van der Waals surface area (Å²) in [7, 11) is 1.49. The second-order valence-corrected chi connectivity index (χ2v) is 4.65. The van der Waals surface area contributed by atoms with E-state index in [1.165, 1.54) is 12.7 Å². The Morgan fingerprint density at radius 1 is 1.19 bits per heavy atom. The summed E-state index contributed by atoms with van der Waals surface area (Å²) in [4.78, 5) is 16.7. The summed E-state index contributed by atoms with van der Waals surface area (Å²) in [5, 5.41) is 6.60. The SMILES string of the molecule is CO/N=C/c1ccc(C(=O)NCc2ccccc2C)cc1. The molecule has 1 amide bonds. The van der Waals surface area contributed by atoms with Crippen LogP contribution in [0.5, 0.6) is 0 Å². The van der Waals surface area contributed by atoms with E-state index < -0.39 is 0 Å². The van der Waals surface area contributed by atoms with Crippen molar-refractivity contribution in [3.63, 3.8) is 0 Å². The second-order valence-electron chi connectivity index (χ2n) is 4.65. The van der Waals surface area contributed by atoms with Crippen LogP contribution in [0.3, 0.4) is 0 Å². The molecule has 0 spiro atoms. The average molecular weight is 282 g/mol. The number of aryl methyl sites for hydroxylation is 1. The summed E-state index contributed by atoms with van der Waals surface area (Å²) in [5.74, 6) is -0.0894. The Hall–Kier alpha value is -2.62. The highest BCUT2D eigenvalue weighted by Gasteiger charge is 2.05. The number of hydrogen-bond acceptors (Lipinski definition) is 3. The zero-order valence-electron chi connectivity index (χ0n) is 12.2. The first-order valence-corrected chi connectivity index (χ1v) is 6.70. The fourth-order valence-electron chi connectivity index (χ4n) is 1.92. The highest BCUT2D eigenvalue weighted by atomic mass is 16.6. The van der Waals surface area contributed by atoms with Crippen LogP contribution >= 0.6 is 0 Å². The standard InChI is InChI=1S/C17H18N2O2/c1-13-5-3-4-6-16(13)12-18-17(20)15-9-7-14(8-10-15)11-19-21-2/h3-11H,12H2,1-2H3,(H,18,20)/b19-11+. The third-order valence-electron chi connectivity index (χ3n) is 3.18. The quantitative estimate of drug-likeness (QED) is 0.677. The number of amides is 1.